The highest BCUT2D eigenvalue weighted by Gasteiger charge is 2.43. The number of benzene rings is 1. The lowest BCUT2D eigenvalue weighted by atomic mass is 10.0. The molecule has 3 rings (SSSR count). The minimum atomic E-state index is -2.76. The summed E-state index contributed by atoms with van der Waals surface area (Å²) in [6, 6.07) is 4.62. The van der Waals surface area contributed by atoms with E-state index in [-0.39, 0.29) is 37.5 Å². The van der Waals surface area contributed by atoms with Crippen LogP contribution in [0.25, 0.3) is 0 Å². The Morgan fingerprint density at radius 3 is 2.83 bits per heavy atom. The van der Waals surface area contributed by atoms with Crippen LogP contribution in [0.2, 0.25) is 0 Å². The number of halogens is 2. The number of alkyl halides is 2. The lowest BCUT2D eigenvalue weighted by Crippen LogP contribution is -2.36. The number of hydroxylamine groups is 1. The molecule has 1 fully saturated rings. The van der Waals surface area contributed by atoms with Crippen LogP contribution in [0.3, 0.4) is 0 Å². The highest BCUT2D eigenvalue weighted by atomic mass is 19.3. The average molecular weight is 340 g/mol. The molecule has 0 bridgehead atoms. The lowest BCUT2D eigenvalue weighted by Gasteiger charge is -2.23. The Kier molecular flexibility index (Phi) is 4.40. The van der Waals surface area contributed by atoms with Gasteiger partial charge in [-0.2, -0.15) is 0 Å². The number of ether oxygens (including phenoxy) is 1. The maximum atomic E-state index is 13.3. The number of nitrogens with one attached hydrogen (secondary N) is 1. The Morgan fingerprint density at radius 2 is 2.17 bits per heavy atom. The number of hydrogen-bond donors (Lipinski definition) is 2. The van der Waals surface area contributed by atoms with E-state index in [2.05, 4.69) is 0 Å². The van der Waals surface area contributed by atoms with E-state index < -0.39 is 24.2 Å². The molecule has 1 aromatic rings. The quantitative estimate of drug-likeness (QED) is 0.637. The predicted molar refractivity (Wildman–Crippen MR) is 78.9 cm³/mol. The number of carbonyl (C=O) groups excluding carboxylic acids is 2. The van der Waals surface area contributed by atoms with Crippen molar-refractivity contribution < 1.29 is 28.3 Å². The lowest BCUT2D eigenvalue weighted by molar-refractivity contribution is -0.137. The number of hydrogen-bond acceptors (Lipinski definition) is 4. The molecule has 2 N–H and O–H groups in total. The summed E-state index contributed by atoms with van der Waals surface area (Å²) in [5.41, 5.74) is 2.47. The molecule has 1 atom stereocenters. The molecule has 1 saturated carbocycles. The second kappa shape index (κ2) is 6.35. The van der Waals surface area contributed by atoms with Gasteiger partial charge in [-0.1, -0.05) is 6.07 Å². The van der Waals surface area contributed by atoms with Crippen molar-refractivity contribution in [2.24, 2.45) is 5.92 Å². The monoisotopic (exact) mass is 340 g/mol. The van der Waals surface area contributed by atoms with Gasteiger partial charge in [-0.15, -0.1) is 0 Å². The zero-order valence-electron chi connectivity index (χ0n) is 12.9. The van der Waals surface area contributed by atoms with Crippen molar-refractivity contribution in [3.63, 3.8) is 0 Å². The fraction of sp³-hybridized carbons (Fsp3) is 0.500. The molecule has 2 aliphatic rings. The van der Waals surface area contributed by atoms with E-state index in [0.717, 1.165) is 0 Å². The van der Waals surface area contributed by atoms with E-state index in [9.17, 15) is 18.4 Å². The molecule has 1 aliphatic heterocycles. The van der Waals surface area contributed by atoms with Gasteiger partial charge in [0.1, 0.15) is 12.4 Å². The summed E-state index contributed by atoms with van der Waals surface area (Å²) in [6.45, 7) is 0.764. The van der Waals surface area contributed by atoms with E-state index in [1.54, 1.807) is 11.5 Å². The van der Waals surface area contributed by atoms with Crippen LogP contribution in [0, 0.1) is 5.92 Å². The first-order chi connectivity index (χ1) is 11.4. The Bertz CT molecular complexity index is 665. The number of amides is 2. The summed E-state index contributed by atoms with van der Waals surface area (Å²) in [5, 5.41) is 8.67. The van der Waals surface area contributed by atoms with Gasteiger partial charge in [-0.3, -0.25) is 14.8 Å². The van der Waals surface area contributed by atoms with Gasteiger partial charge in [-0.25, -0.2) is 14.3 Å². The van der Waals surface area contributed by atoms with E-state index in [1.165, 1.54) is 17.0 Å². The molecular formula is C16H18F2N2O4. The SMILES string of the molecule is O=C(NO)c1ccc2c(c1)OCCN(C(=O)C1CCC(F)(F)C1)C2. The van der Waals surface area contributed by atoms with Gasteiger partial charge >= 0.3 is 0 Å². The van der Waals surface area contributed by atoms with Crippen LogP contribution in [-0.4, -0.2) is 41.0 Å². The third-order valence-electron chi connectivity index (χ3n) is 4.48. The van der Waals surface area contributed by atoms with Crippen molar-refractivity contribution in [2.75, 3.05) is 13.2 Å². The summed E-state index contributed by atoms with van der Waals surface area (Å²) in [5.74, 6) is -3.90. The second-order valence-corrected chi connectivity index (χ2v) is 6.17. The molecule has 2 amide bonds. The number of rotatable bonds is 2. The van der Waals surface area contributed by atoms with Crippen molar-refractivity contribution in [2.45, 2.75) is 31.7 Å². The van der Waals surface area contributed by atoms with Crippen LogP contribution < -0.4 is 10.2 Å². The molecule has 1 aliphatic carbocycles. The van der Waals surface area contributed by atoms with Crippen LogP contribution in [0.4, 0.5) is 8.78 Å². The molecule has 8 heteroatoms. The molecule has 130 valence electrons. The van der Waals surface area contributed by atoms with E-state index in [0.29, 0.717) is 17.9 Å². The highest BCUT2D eigenvalue weighted by Crippen LogP contribution is 2.40. The molecule has 0 radical (unpaired) electrons. The van der Waals surface area contributed by atoms with Crippen molar-refractivity contribution >= 4 is 11.8 Å². The minimum absolute atomic E-state index is 0.200. The number of fused-ring (bicyclic) bond motifs is 1. The van der Waals surface area contributed by atoms with Gasteiger partial charge in [0.05, 0.1) is 6.54 Å². The summed E-state index contributed by atoms with van der Waals surface area (Å²) < 4.78 is 32.2. The van der Waals surface area contributed by atoms with Gasteiger partial charge in [0, 0.05) is 36.4 Å². The summed E-state index contributed by atoms with van der Waals surface area (Å²) >= 11 is 0. The average Bonchev–Trinajstić information content (AvgIpc) is 2.80. The van der Waals surface area contributed by atoms with Gasteiger partial charge < -0.3 is 9.64 Å². The van der Waals surface area contributed by atoms with Crippen molar-refractivity contribution in [3.8, 4) is 5.75 Å². The number of nitrogens with zero attached hydrogens (tertiary/aromatic N) is 1. The highest BCUT2D eigenvalue weighted by molar-refractivity contribution is 5.93. The summed E-state index contributed by atoms with van der Waals surface area (Å²) in [4.78, 5) is 25.5. The van der Waals surface area contributed by atoms with E-state index >= 15 is 0 Å². The van der Waals surface area contributed by atoms with Crippen LogP contribution in [0.15, 0.2) is 18.2 Å². The van der Waals surface area contributed by atoms with Crippen molar-refractivity contribution in [1.82, 2.24) is 10.4 Å². The smallest absolute Gasteiger partial charge is 0.274 e. The molecule has 24 heavy (non-hydrogen) atoms. The Hall–Kier alpha value is -2.22. The Balaban J connectivity index is 1.75. The maximum absolute atomic E-state index is 13.3. The predicted octanol–water partition coefficient (Wildman–Crippen LogP) is 1.96. The van der Waals surface area contributed by atoms with Crippen LogP contribution in [0.1, 0.15) is 35.2 Å². The molecule has 6 nitrogen and oxygen atoms in total. The second-order valence-electron chi connectivity index (χ2n) is 6.17. The van der Waals surface area contributed by atoms with Gasteiger partial charge in [-0.05, 0) is 18.6 Å². The molecule has 0 aromatic heterocycles. The van der Waals surface area contributed by atoms with Crippen LogP contribution in [-0.2, 0) is 11.3 Å². The largest absolute Gasteiger partial charge is 0.491 e. The van der Waals surface area contributed by atoms with Gasteiger partial charge in [0.25, 0.3) is 5.91 Å². The topological polar surface area (TPSA) is 78.9 Å². The van der Waals surface area contributed by atoms with Crippen LogP contribution in [0.5, 0.6) is 5.75 Å². The molecule has 1 aromatic carbocycles. The van der Waals surface area contributed by atoms with Crippen molar-refractivity contribution in [1.29, 1.82) is 0 Å². The first-order valence-electron chi connectivity index (χ1n) is 7.76. The normalized spacial score (nSPS) is 22.3. The zero-order valence-corrected chi connectivity index (χ0v) is 12.9. The summed E-state index contributed by atoms with van der Waals surface area (Å²) in [6.07, 6.45) is -0.443. The molecule has 0 saturated heterocycles. The fourth-order valence-corrected chi connectivity index (χ4v) is 3.18. The van der Waals surface area contributed by atoms with Gasteiger partial charge in [0.2, 0.25) is 11.8 Å². The first kappa shape index (κ1) is 16.6. The standard InChI is InChI=1S/C16H18F2N2O4/c17-16(18)4-3-11(8-16)15(22)20-5-6-24-13-7-10(14(21)19-23)1-2-12(13)9-20/h1-2,7,11,23H,3-6,8-9H2,(H,19,21). The van der Waals surface area contributed by atoms with E-state index in [4.69, 9.17) is 9.94 Å². The van der Waals surface area contributed by atoms with Gasteiger partial charge in [0.15, 0.2) is 0 Å². The first-order valence-corrected chi connectivity index (χ1v) is 7.76. The number of carbonyl (C=O) groups is 2. The Labute approximate surface area is 137 Å². The zero-order chi connectivity index (χ0) is 17.3. The fourth-order valence-electron chi connectivity index (χ4n) is 3.18. The maximum Gasteiger partial charge on any atom is 0.274 e. The molecule has 1 heterocycles. The molecular weight excluding hydrogens is 322 g/mol. The third-order valence-corrected chi connectivity index (χ3v) is 4.48. The van der Waals surface area contributed by atoms with E-state index in [1.807, 2.05) is 0 Å². The minimum Gasteiger partial charge on any atom is -0.491 e. The van der Waals surface area contributed by atoms with Crippen molar-refractivity contribution in [3.05, 3.63) is 29.3 Å². The molecule has 0 spiro atoms. The third kappa shape index (κ3) is 3.33. The Morgan fingerprint density at radius 1 is 1.38 bits per heavy atom. The van der Waals surface area contributed by atoms with Crippen LogP contribution >= 0.6 is 0 Å². The summed E-state index contributed by atoms with van der Waals surface area (Å²) in [7, 11) is 0. The molecule has 1 unspecified atom stereocenters.